The zero-order valence-electron chi connectivity index (χ0n) is 24.2. The minimum Gasteiger partial charge on any atom is -0.343 e. The molecule has 1 aliphatic heterocycles. The highest BCUT2D eigenvalue weighted by molar-refractivity contribution is 5.90. The molecule has 0 spiro atoms. The van der Waals surface area contributed by atoms with Crippen LogP contribution in [0.5, 0.6) is 0 Å². The normalized spacial score (nSPS) is 20.1. The fourth-order valence-corrected chi connectivity index (χ4v) is 5.91. The second-order valence-corrected chi connectivity index (χ2v) is 11.9. The molecule has 0 radical (unpaired) electrons. The summed E-state index contributed by atoms with van der Waals surface area (Å²) in [7, 11) is 1.69. The Morgan fingerprint density at radius 3 is 2.24 bits per heavy atom. The number of pyridine rings is 1. The number of alkyl halides is 4. The largest absolute Gasteiger partial charge is 0.416 e. The van der Waals surface area contributed by atoms with E-state index in [0.717, 1.165) is 50.7 Å². The van der Waals surface area contributed by atoms with Crippen molar-refractivity contribution in [1.82, 2.24) is 20.5 Å². The van der Waals surface area contributed by atoms with Crippen LogP contribution in [0.3, 0.4) is 0 Å². The molecule has 2 aromatic rings. The zero-order valence-corrected chi connectivity index (χ0v) is 24.2. The third-order valence-electron chi connectivity index (χ3n) is 8.47. The van der Waals surface area contributed by atoms with Crippen molar-refractivity contribution in [3.8, 4) is 11.1 Å². The summed E-state index contributed by atoms with van der Waals surface area (Å²) in [5.41, 5.74) is -1.66. The minimum absolute atomic E-state index is 0.0440. The summed E-state index contributed by atoms with van der Waals surface area (Å²) >= 11 is 0. The zero-order chi connectivity index (χ0) is 29.9. The minimum atomic E-state index is -4.64. The SMILES string of the molecule is CNC(C)C(=O)NC(C(=O)N1CCCC1c1cncc(-c2cc(C(C)(C)F)cc(C(F)(F)F)c2)c1)C1CCCCC1. The number of aromatic nitrogens is 1. The van der Waals surface area contributed by atoms with E-state index in [0.29, 0.717) is 24.1 Å². The highest BCUT2D eigenvalue weighted by Gasteiger charge is 2.39. The molecule has 1 aromatic carbocycles. The molecule has 2 aliphatic rings. The van der Waals surface area contributed by atoms with Gasteiger partial charge in [-0.05, 0) is 100 Å². The van der Waals surface area contributed by atoms with Gasteiger partial charge in [0, 0.05) is 24.5 Å². The van der Waals surface area contributed by atoms with Crippen LogP contribution in [-0.4, -0.2) is 47.4 Å². The van der Waals surface area contributed by atoms with E-state index in [9.17, 15) is 27.2 Å². The van der Waals surface area contributed by atoms with Gasteiger partial charge in [0.2, 0.25) is 11.8 Å². The lowest BCUT2D eigenvalue weighted by molar-refractivity contribution is -0.139. The molecule has 1 aliphatic carbocycles. The second-order valence-electron chi connectivity index (χ2n) is 11.9. The fourth-order valence-electron chi connectivity index (χ4n) is 5.91. The van der Waals surface area contributed by atoms with E-state index < -0.39 is 29.5 Å². The van der Waals surface area contributed by atoms with Gasteiger partial charge in [-0.1, -0.05) is 19.3 Å². The first-order valence-electron chi connectivity index (χ1n) is 14.4. The number of nitrogens with one attached hydrogen (secondary N) is 2. The fraction of sp³-hybridized carbons (Fsp3) is 0.581. The number of carbonyl (C=O) groups is 2. The maximum atomic E-state index is 14.8. The van der Waals surface area contributed by atoms with Gasteiger partial charge in [-0.25, -0.2) is 4.39 Å². The Balaban J connectivity index is 1.66. The average molecular weight is 577 g/mol. The highest BCUT2D eigenvalue weighted by Crippen LogP contribution is 2.39. The Hall–Kier alpha value is -3.01. The van der Waals surface area contributed by atoms with Crippen LogP contribution in [0.25, 0.3) is 11.1 Å². The molecule has 4 rings (SSSR count). The van der Waals surface area contributed by atoms with Gasteiger partial charge < -0.3 is 15.5 Å². The van der Waals surface area contributed by atoms with Crippen molar-refractivity contribution in [2.45, 2.75) is 95.7 Å². The lowest BCUT2D eigenvalue weighted by Gasteiger charge is -2.35. The molecule has 10 heteroatoms. The predicted octanol–water partition coefficient (Wildman–Crippen LogP) is 6.31. The lowest BCUT2D eigenvalue weighted by atomic mass is 9.83. The average Bonchev–Trinajstić information content (AvgIpc) is 3.44. The summed E-state index contributed by atoms with van der Waals surface area (Å²) in [5, 5.41) is 5.94. The van der Waals surface area contributed by atoms with E-state index in [4.69, 9.17) is 0 Å². The van der Waals surface area contributed by atoms with Crippen molar-refractivity contribution < 1.29 is 27.2 Å². The van der Waals surface area contributed by atoms with Crippen molar-refractivity contribution in [3.63, 3.8) is 0 Å². The number of likely N-dealkylation sites (N-methyl/N-ethyl adjacent to an activating group) is 1. The number of hydrogen-bond donors (Lipinski definition) is 2. The molecule has 6 nitrogen and oxygen atoms in total. The Morgan fingerprint density at radius 2 is 1.61 bits per heavy atom. The molecule has 2 heterocycles. The number of carbonyl (C=O) groups excluding carboxylic acids is 2. The van der Waals surface area contributed by atoms with Crippen LogP contribution < -0.4 is 10.6 Å². The molecule has 224 valence electrons. The molecule has 2 amide bonds. The van der Waals surface area contributed by atoms with Crippen LogP contribution >= 0.6 is 0 Å². The van der Waals surface area contributed by atoms with Crippen molar-refractivity contribution in [2.24, 2.45) is 5.92 Å². The van der Waals surface area contributed by atoms with Crippen LogP contribution in [0.1, 0.15) is 88.4 Å². The van der Waals surface area contributed by atoms with Crippen LogP contribution in [-0.2, 0) is 21.4 Å². The number of benzene rings is 1. The van der Waals surface area contributed by atoms with Crippen molar-refractivity contribution in [1.29, 1.82) is 0 Å². The monoisotopic (exact) mass is 576 g/mol. The van der Waals surface area contributed by atoms with E-state index in [2.05, 4.69) is 15.6 Å². The quantitative estimate of drug-likeness (QED) is 0.362. The standard InChI is InChI=1S/C31H40F4N4O2/c1-19(36-4)28(40)38-27(20-9-6-5-7-10-20)29(41)39-12-8-11-26(39)23-13-22(17-37-18-23)21-14-24(30(2,3)32)16-25(15-21)31(33,34)35/h13-20,26-27,36H,5-12H2,1-4H3,(H,38,40). The van der Waals surface area contributed by atoms with Gasteiger partial charge in [-0.3, -0.25) is 14.6 Å². The topological polar surface area (TPSA) is 74.3 Å². The maximum absolute atomic E-state index is 14.8. The Morgan fingerprint density at radius 1 is 0.927 bits per heavy atom. The molecule has 1 aromatic heterocycles. The van der Waals surface area contributed by atoms with Crippen molar-refractivity contribution >= 4 is 11.8 Å². The maximum Gasteiger partial charge on any atom is 0.416 e. The van der Waals surface area contributed by atoms with Crippen LogP contribution in [0, 0.1) is 5.92 Å². The number of rotatable bonds is 8. The third-order valence-corrected chi connectivity index (χ3v) is 8.47. The molecular weight excluding hydrogens is 536 g/mol. The first-order valence-corrected chi connectivity index (χ1v) is 14.4. The molecule has 1 saturated carbocycles. The van der Waals surface area contributed by atoms with Gasteiger partial charge in [-0.15, -0.1) is 0 Å². The molecule has 0 bridgehead atoms. The van der Waals surface area contributed by atoms with Gasteiger partial charge in [0.05, 0.1) is 17.6 Å². The van der Waals surface area contributed by atoms with Gasteiger partial charge in [0.15, 0.2) is 0 Å². The smallest absolute Gasteiger partial charge is 0.343 e. The lowest BCUT2D eigenvalue weighted by Crippen LogP contribution is -2.55. The molecular formula is C31H40F4N4O2. The number of amides is 2. The Bertz CT molecular complexity index is 1210. The van der Waals surface area contributed by atoms with Crippen LogP contribution in [0.15, 0.2) is 36.7 Å². The van der Waals surface area contributed by atoms with Gasteiger partial charge in [0.1, 0.15) is 11.7 Å². The van der Waals surface area contributed by atoms with Crippen molar-refractivity contribution in [3.05, 3.63) is 53.3 Å². The van der Waals surface area contributed by atoms with Crippen molar-refractivity contribution in [2.75, 3.05) is 13.6 Å². The third kappa shape index (κ3) is 7.26. The molecule has 41 heavy (non-hydrogen) atoms. The summed E-state index contributed by atoms with van der Waals surface area (Å²) < 4.78 is 55.9. The van der Waals surface area contributed by atoms with Crippen LogP contribution in [0.2, 0.25) is 0 Å². The summed E-state index contributed by atoms with van der Waals surface area (Å²) in [6, 6.07) is 3.58. The van der Waals surface area contributed by atoms with Gasteiger partial charge in [0.25, 0.3) is 0 Å². The molecule has 3 unspecified atom stereocenters. The van der Waals surface area contributed by atoms with E-state index in [-0.39, 0.29) is 34.9 Å². The predicted molar refractivity (Wildman–Crippen MR) is 150 cm³/mol. The number of nitrogens with zero attached hydrogens (tertiary/aromatic N) is 2. The Kier molecular flexibility index (Phi) is 9.41. The van der Waals surface area contributed by atoms with Gasteiger partial charge in [-0.2, -0.15) is 13.2 Å². The first kappa shape index (κ1) is 30.9. The van der Waals surface area contributed by atoms with E-state index in [1.54, 1.807) is 31.1 Å². The summed E-state index contributed by atoms with van der Waals surface area (Å²) in [6.07, 6.45) is 4.73. The summed E-state index contributed by atoms with van der Waals surface area (Å²) in [6.45, 7) is 4.71. The van der Waals surface area contributed by atoms with E-state index in [1.165, 1.54) is 26.1 Å². The second kappa shape index (κ2) is 12.5. The van der Waals surface area contributed by atoms with Crippen LogP contribution in [0.4, 0.5) is 17.6 Å². The van der Waals surface area contributed by atoms with E-state index in [1.807, 2.05) is 0 Å². The summed E-state index contributed by atoms with van der Waals surface area (Å²) in [4.78, 5) is 33.0. The van der Waals surface area contributed by atoms with Gasteiger partial charge >= 0.3 is 6.18 Å². The number of hydrogen-bond acceptors (Lipinski definition) is 4. The number of likely N-dealkylation sites (tertiary alicyclic amines) is 1. The molecule has 1 saturated heterocycles. The number of halogens is 4. The Labute approximate surface area is 239 Å². The summed E-state index contributed by atoms with van der Waals surface area (Å²) in [5.74, 6) is -0.323. The first-order chi connectivity index (χ1) is 19.3. The highest BCUT2D eigenvalue weighted by atomic mass is 19.4. The molecule has 2 N–H and O–H groups in total. The molecule has 3 atom stereocenters. The molecule has 2 fully saturated rings. The van der Waals surface area contributed by atoms with E-state index >= 15 is 0 Å².